The highest BCUT2D eigenvalue weighted by atomic mass is 35.5. The fourth-order valence-electron chi connectivity index (χ4n) is 1.57. The van der Waals surface area contributed by atoms with E-state index in [1.165, 1.54) is 7.11 Å². The van der Waals surface area contributed by atoms with Gasteiger partial charge in [0.25, 0.3) is 5.82 Å². The second-order valence-electron chi connectivity index (χ2n) is 3.92. The molecule has 1 aromatic heterocycles. The van der Waals surface area contributed by atoms with E-state index in [2.05, 4.69) is 10.2 Å². The van der Waals surface area contributed by atoms with Gasteiger partial charge in [0.05, 0.1) is 7.11 Å². The van der Waals surface area contributed by atoms with Crippen molar-refractivity contribution >= 4 is 23.4 Å². The van der Waals surface area contributed by atoms with Crippen LogP contribution in [0.4, 0.5) is 13.2 Å². The number of rotatable bonds is 4. The van der Waals surface area contributed by atoms with Gasteiger partial charge in [0.2, 0.25) is 5.16 Å². The molecule has 0 amide bonds. The molecule has 0 radical (unpaired) electrons. The number of ether oxygens (including phenoxy) is 1. The first kappa shape index (κ1) is 15.8. The van der Waals surface area contributed by atoms with Crippen LogP contribution in [0.1, 0.15) is 11.4 Å². The van der Waals surface area contributed by atoms with E-state index in [9.17, 15) is 13.2 Å². The van der Waals surface area contributed by atoms with Crippen LogP contribution in [0.2, 0.25) is 5.02 Å². The summed E-state index contributed by atoms with van der Waals surface area (Å²) < 4.78 is 43.2. The molecule has 0 spiro atoms. The van der Waals surface area contributed by atoms with E-state index < -0.39 is 12.0 Å². The van der Waals surface area contributed by atoms with Crippen LogP contribution in [-0.2, 0) is 11.9 Å². The normalized spacial score (nSPS) is 11.7. The van der Waals surface area contributed by atoms with Crippen molar-refractivity contribution in [1.29, 1.82) is 0 Å². The number of nitrogen functional groups attached to an aromatic ring is 1. The second kappa shape index (κ2) is 6.02. The lowest BCUT2D eigenvalue weighted by atomic mass is 10.2. The van der Waals surface area contributed by atoms with E-state index in [4.69, 9.17) is 22.2 Å². The van der Waals surface area contributed by atoms with Crippen LogP contribution in [0.25, 0.3) is 0 Å². The summed E-state index contributed by atoms with van der Waals surface area (Å²) in [6.45, 7) is 0. The fraction of sp³-hybridized carbons (Fsp3) is 0.273. The minimum absolute atomic E-state index is 0.0515. The molecule has 5 nitrogen and oxygen atoms in total. The summed E-state index contributed by atoms with van der Waals surface area (Å²) in [5.74, 6) is 4.96. The first-order chi connectivity index (χ1) is 9.82. The van der Waals surface area contributed by atoms with E-state index >= 15 is 0 Å². The van der Waals surface area contributed by atoms with Gasteiger partial charge in [-0.15, -0.1) is 10.2 Å². The van der Waals surface area contributed by atoms with Gasteiger partial charge in [0.1, 0.15) is 5.75 Å². The monoisotopic (exact) mass is 338 g/mol. The predicted molar refractivity (Wildman–Crippen MR) is 72.7 cm³/mol. The number of halogens is 4. The van der Waals surface area contributed by atoms with Crippen LogP contribution < -0.4 is 10.6 Å². The van der Waals surface area contributed by atoms with Crippen molar-refractivity contribution in [3.8, 4) is 5.75 Å². The van der Waals surface area contributed by atoms with Gasteiger partial charge >= 0.3 is 6.18 Å². The summed E-state index contributed by atoms with van der Waals surface area (Å²) in [4.78, 5) is 0. The Labute approximate surface area is 127 Å². The summed E-state index contributed by atoms with van der Waals surface area (Å²) in [7, 11) is 1.49. The Balaban J connectivity index is 2.18. The van der Waals surface area contributed by atoms with E-state index in [1.807, 2.05) is 0 Å². The molecule has 0 atom stereocenters. The van der Waals surface area contributed by atoms with Crippen molar-refractivity contribution in [2.24, 2.45) is 0 Å². The standard InChI is InChI=1S/C11H10ClF3N4OS/c1-20-8-3-2-7(12)4-6(8)5-21-10-18-17-9(19(10)16)11(13,14)15/h2-4H,5,16H2,1H3. The average Bonchev–Trinajstić information content (AvgIpc) is 2.77. The number of nitrogens with two attached hydrogens (primary N) is 1. The van der Waals surface area contributed by atoms with Crippen LogP contribution in [0.5, 0.6) is 5.75 Å². The molecule has 0 aliphatic rings. The number of hydrogen-bond acceptors (Lipinski definition) is 5. The predicted octanol–water partition coefficient (Wildman–Crippen LogP) is 2.97. The highest BCUT2D eigenvalue weighted by Crippen LogP contribution is 2.32. The number of hydrogen-bond donors (Lipinski definition) is 1. The molecule has 0 aliphatic heterocycles. The molecule has 0 unspecified atom stereocenters. The maximum atomic E-state index is 12.5. The minimum atomic E-state index is -4.64. The zero-order valence-electron chi connectivity index (χ0n) is 10.7. The van der Waals surface area contributed by atoms with E-state index in [-0.39, 0.29) is 10.9 Å². The third-order valence-electron chi connectivity index (χ3n) is 2.52. The lowest BCUT2D eigenvalue weighted by Gasteiger charge is -2.09. The highest BCUT2D eigenvalue weighted by molar-refractivity contribution is 7.98. The third kappa shape index (κ3) is 3.53. The fourth-order valence-corrected chi connectivity index (χ4v) is 2.60. The van der Waals surface area contributed by atoms with Gasteiger partial charge in [0, 0.05) is 16.3 Å². The number of aromatic nitrogens is 3. The van der Waals surface area contributed by atoms with E-state index in [0.29, 0.717) is 21.0 Å². The van der Waals surface area contributed by atoms with Gasteiger partial charge in [-0.2, -0.15) is 13.2 Å². The molecule has 1 aromatic carbocycles. The molecule has 0 saturated carbocycles. The quantitative estimate of drug-likeness (QED) is 0.686. The molecule has 10 heteroatoms. The van der Waals surface area contributed by atoms with Crippen molar-refractivity contribution < 1.29 is 17.9 Å². The number of alkyl halides is 3. The SMILES string of the molecule is COc1ccc(Cl)cc1CSc1nnc(C(F)(F)F)n1N. The molecule has 0 bridgehead atoms. The zero-order valence-corrected chi connectivity index (χ0v) is 12.3. The summed E-state index contributed by atoms with van der Waals surface area (Å²) in [5, 5.41) is 6.92. The van der Waals surface area contributed by atoms with Gasteiger partial charge < -0.3 is 10.6 Å². The largest absolute Gasteiger partial charge is 0.496 e. The summed E-state index contributed by atoms with van der Waals surface area (Å²) in [5.41, 5.74) is 0.714. The topological polar surface area (TPSA) is 66.0 Å². The summed E-state index contributed by atoms with van der Waals surface area (Å²) in [6.07, 6.45) is -4.64. The van der Waals surface area contributed by atoms with Crippen LogP contribution in [0, 0.1) is 0 Å². The number of nitrogens with zero attached hydrogens (tertiary/aromatic N) is 3. The smallest absolute Gasteiger partial charge is 0.453 e. The number of thioether (sulfide) groups is 1. The van der Waals surface area contributed by atoms with Crippen LogP contribution in [-0.4, -0.2) is 22.0 Å². The Hall–Kier alpha value is -1.61. The summed E-state index contributed by atoms with van der Waals surface area (Å²) >= 11 is 6.88. The Morgan fingerprint density at radius 2 is 2.10 bits per heavy atom. The maximum absolute atomic E-state index is 12.5. The molecule has 0 saturated heterocycles. The second-order valence-corrected chi connectivity index (χ2v) is 5.30. The summed E-state index contributed by atoms with van der Waals surface area (Å²) in [6, 6.07) is 4.99. The Bertz CT molecular complexity index is 647. The minimum Gasteiger partial charge on any atom is -0.496 e. The van der Waals surface area contributed by atoms with Gasteiger partial charge in [-0.1, -0.05) is 23.4 Å². The van der Waals surface area contributed by atoms with E-state index in [1.54, 1.807) is 18.2 Å². The first-order valence-corrected chi connectivity index (χ1v) is 6.92. The Morgan fingerprint density at radius 3 is 2.67 bits per heavy atom. The van der Waals surface area contributed by atoms with Crippen molar-refractivity contribution in [2.45, 2.75) is 17.1 Å². The van der Waals surface area contributed by atoms with Crippen molar-refractivity contribution in [2.75, 3.05) is 13.0 Å². The maximum Gasteiger partial charge on any atom is 0.453 e. The van der Waals surface area contributed by atoms with E-state index in [0.717, 1.165) is 11.8 Å². The molecule has 21 heavy (non-hydrogen) atoms. The number of benzene rings is 1. The lowest BCUT2D eigenvalue weighted by Crippen LogP contribution is -2.21. The number of methoxy groups -OCH3 is 1. The van der Waals surface area contributed by atoms with Gasteiger partial charge in [-0.05, 0) is 18.2 Å². The van der Waals surface area contributed by atoms with Crippen LogP contribution in [0.3, 0.4) is 0 Å². The van der Waals surface area contributed by atoms with Crippen molar-refractivity contribution in [1.82, 2.24) is 14.9 Å². The Morgan fingerprint density at radius 1 is 1.38 bits per heavy atom. The molecule has 114 valence electrons. The molecular formula is C11H10ClF3N4OS. The molecule has 2 N–H and O–H groups in total. The molecular weight excluding hydrogens is 329 g/mol. The van der Waals surface area contributed by atoms with Crippen molar-refractivity contribution in [3.05, 3.63) is 34.6 Å². The molecule has 2 aromatic rings. The van der Waals surface area contributed by atoms with Crippen molar-refractivity contribution in [3.63, 3.8) is 0 Å². The molecule has 1 heterocycles. The zero-order chi connectivity index (χ0) is 15.6. The molecule has 0 fully saturated rings. The molecule has 2 rings (SSSR count). The molecule has 0 aliphatic carbocycles. The van der Waals surface area contributed by atoms with Gasteiger partial charge in [-0.3, -0.25) is 0 Å². The third-order valence-corrected chi connectivity index (χ3v) is 3.74. The van der Waals surface area contributed by atoms with Gasteiger partial charge in [-0.25, -0.2) is 4.68 Å². The van der Waals surface area contributed by atoms with Crippen LogP contribution >= 0.6 is 23.4 Å². The highest BCUT2D eigenvalue weighted by Gasteiger charge is 2.38. The van der Waals surface area contributed by atoms with Gasteiger partial charge in [0.15, 0.2) is 0 Å². The van der Waals surface area contributed by atoms with Crippen LogP contribution in [0.15, 0.2) is 23.4 Å². The average molecular weight is 339 g/mol. The first-order valence-electron chi connectivity index (χ1n) is 5.56. The lowest BCUT2D eigenvalue weighted by molar-refractivity contribution is -0.146. The Kier molecular flexibility index (Phi) is 4.52.